The number of ether oxygens (including phenoxy) is 3. The third-order valence-electron chi connectivity index (χ3n) is 9.53. The van der Waals surface area contributed by atoms with E-state index in [1.807, 2.05) is 97.1 Å². The average molecular weight is 790 g/mol. The molecule has 2 fully saturated rings. The van der Waals surface area contributed by atoms with Crippen LogP contribution < -0.4 is 16.0 Å². The molecule has 14 heteroatoms. The fourth-order valence-electron chi connectivity index (χ4n) is 6.62. The van der Waals surface area contributed by atoms with Gasteiger partial charge in [0.05, 0.1) is 19.2 Å². The Morgan fingerprint density at radius 3 is 1.57 bits per heavy atom. The Balaban J connectivity index is 1.01. The molecule has 58 heavy (non-hydrogen) atoms. The number of alkyl carbamates (subject to hydrolysis) is 1. The summed E-state index contributed by atoms with van der Waals surface area (Å²) in [5.41, 5.74) is 4.37. The van der Waals surface area contributed by atoms with Crippen molar-refractivity contribution in [2.45, 2.75) is 70.2 Å². The largest absolute Gasteiger partial charge is 0.445 e. The van der Waals surface area contributed by atoms with Crippen LogP contribution in [-0.2, 0) is 37.0 Å². The number of nitrogens with one attached hydrogen (secondary N) is 3. The van der Waals surface area contributed by atoms with Gasteiger partial charge in [0.2, 0.25) is 11.8 Å². The molecule has 0 aromatic heterocycles. The van der Waals surface area contributed by atoms with Crippen LogP contribution in [-0.4, -0.2) is 88.4 Å². The lowest BCUT2D eigenvalue weighted by molar-refractivity contribution is -0.120. The van der Waals surface area contributed by atoms with Crippen molar-refractivity contribution in [1.82, 2.24) is 15.1 Å². The SMILES string of the molecule is CC(C)NC(=O)O[C@@H]1C[C@@H](C(=O)Nc2ccc(/C=C/c3ccc(NC(=O)[C@@H]4C[C@@H](O)CN4C(=O)OCc4ccccc4)cc3)cc2)N(C(=O)OCc2ccccc2)C1. The maximum Gasteiger partial charge on any atom is 0.410 e. The van der Waals surface area contributed by atoms with Crippen LogP contribution in [0, 0.1) is 0 Å². The highest BCUT2D eigenvalue weighted by molar-refractivity contribution is 5.98. The minimum atomic E-state index is -0.933. The van der Waals surface area contributed by atoms with E-state index in [1.54, 1.807) is 38.1 Å². The summed E-state index contributed by atoms with van der Waals surface area (Å²) in [4.78, 5) is 67.5. The fourth-order valence-corrected chi connectivity index (χ4v) is 6.62. The van der Waals surface area contributed by atoms with Crippen molar-refractivity contribution in [3.63, 3.8) is 0 Å². The summed E-state index contributed by atoms with van der Waals surface area (Å²) in [5, 5.41) is 18.6. The Hall–Kier alpha value is -6.67. The van der Waals surface area contributed by atoms with E-state index in [-0.39, 0.29) is 45.2 Å². The number of likely N-dealkylation sites (tertiary alicyclic amines) is 2. The molecule has 2 saturated heterocycles. The average Bonchev–Trinajstić information content (AvgIpc) is 3.83. The van der Waals surface area contributed by atoms with Gasteiger partial charge in [0.15, 0.2) is 0 Å². The number of β-amino-alcohol motifs (C(OH)–C–C–N with tert-alkyl or cyclic N) is 1. The number of aliphatic hydroxyl groups excluding tert-OH is 1. The molecule has 2 aliphatic rings. The lowest BCUT2D eigenvalue weighted by Gasteiger charge is -2.23. The number of rotatable bonds is 12. The normalized spacial score (nSPS) is 18.8. The van der Waals surface area contributed by atoms with E-state index < -0.39 is 54.4 Å². The summed E-state index contributed by atoms with van der Waals surface area (Å²) < 4.78 is 16.4. The lowest BCUT2D eigenvalue weighted by atomic mass is 10.1. The van der Waals surface area contributed by atoms with Crippen molar-refractivity contribution in [1.29, 1.82) is 0 Å². The highest BCUT2D eigenvalue weighted by Crippen LogP contribution is 2.25. The molecule has 14 nitrogen and oxygen atoms in total. The Labute approximate surface area is 336 Å². The summed E-state index contributed by atoms with van der Waals surface area (Å²) in [6.45, 7) is 3.70. The number of anilines is 2. The van der Waals surface area contributed by atoms with Gasteiger partial charge < -0.3 is 35.3 Å². The second-order valence-corrected chi connectivity index (χ2v) is 14.4. The van der Waals surface area contributed by atoms with E-state index in [4.69, 9.17) is 14.2 Å². The number of amides is 5. The molecule has 2 aliphatic heterocycles. The van der Waals surface area contributed by atoms with Gasteiger partial charge in [0.1, 0.15) is 31.4 Å². The Kier molecular flexibility index (Phi) is 13.7. The van der Waals surface area contributed by atoms with Crippen molar-refractivity contribution in [3.05, 3.63) is 131 Å². The zero-order chi connectivity index (χ0) is 41.0. The molecule has 0 unspecified atom stereocenters. The predicted octanol–water partition coefficient (Wildman–Crippen LogP) is 6.42. The zero-order valence-electron chi connectivity index (χ0n) is 32.3. The molecule has 0 aliphatic carbocycles. The molecule has 0 bridgehead atoms. The highest BCUT2D eigenvalue weighted by Gasteiger charge is 2.43. The molecule has 0 radical (unpaired) electrons. The number of benzene rings is 4. The van der Waals surface area contributed by atoms with Gasteiger partial charge in [0, 0.05) is 30.3 Å². The molecule has 4 atom stereocenters. The number of hydrogen-bond acceptors (Lipinski definition) is 9. The van der Waals surface area contributed by atoms with Gasteiger partial charge >= 0.3 is 18.3 Å². The molecule has 0 saturated carbocycles. The Morgan fingerprint density at radius 2 is 1.10 bits per heavy atom. The number of aliphatic hydroxyl groups is 1. The topological polar surface area (TPSA) is 176 Å². The van der Waals surface area contributed by atoms with Gasteiger partial charge in [-0.05, 0) is 60.4 Å². The first-order valence-corrected chi connectivity index (χ1v) is 19.1. The molecular weight excluding hydrogens is 743 g/mol. The van der Waals surface area contributed by atoms with Gasteiger partial charge in [-0.1, -0.05) is 97.1 Å². The quantitative estimate of drug-likeness (QED) is 0.0933. The summed E-state index contributed by atoms with van der Waals surface area (Å²) in [7, 11) is 0. The third kappa shape index (κ3) is 11.4. The van der Waals surface area contributed by atoms with Crippen LogP contribution in [0.15, 0.2) is 109 Å². The molecule has 4 N–H and O–H groups in total. The summed E-state index contributed by atoms with van der Waals surface area (Å²) >= 11 is 0. The van der Waals surface area contributed by atoms with Crippen molar-refractivity contribution in [3.8, 4) is 0 Å². The van der Waals surface area contributed by atoms with Crippen LogP contribution in [0.25, 0.3) is 12.2 Å². The molecular formula is C44H47N5O9. The molecule has 2 heterocycles. The third-order valence-corrected chi connectivity index (χ3v) is 9.53. The summed E-state index contributed by atoms with van der Waals surface area (Å²) in [5.74, 6) is -0.864. The fraction of sp³-hybridized carbons (Fsp3) is 0.295. The Morgan fingerprint density at radius 1 is 0.655 bits per heavy atom. The van der Waals surface area contributed by atoms with Gasteiger partial charge in [-0.15, -0.1) is 0 Å². The molecule has 302 valence electrons. The standard InChI is InChI=1S/C44H47N5O9/c1-29(2)45-42(53)58-37-24-39(49(26-37)44(55)57-28-33-11-7-4-8-12-33)41(52)47-35-21-17-31(18-22-35)14-13-30-15-19-34(20-16-30)46-40(51)38-23-36(50)25-48(38)43(54)56-27-32-9-5-3-6-10-32/h3-22,29,36-39,50H,23-28H2,1-2H3,(H,45,53)(H,46,51)(H,47,52)/b14-13+/t36-,37-,38+,39+/m1/s1. The number of carbonyl (C=O) groups is 5. The molecule has 5 amide bonds. The first kappa shape index (κ1) is 41.0. The molecule has 6 rings (SSSR count). The van der Waals surface area contributed by atoms with E-state index in [9.17, 15) is 29.1 Å². The highest BCUT2D eigenvalue weighted by atomic mass is 16.6. The van der Waals surface area contributed by atoms with Crippen molar-refractivity contribution < 1.29 is 43.3 Å². The monoisotopic (exact) mass is 789 g/mol. The predicted molar refractivity (Wildman–Crippen MR) is 217 cm³/mol. The number of hydrogen-bond donors (Lipinski definition) is 4. The second-order valence-electron chi connectivity index (χ2n) is 14.4. The van der Waals surface area contributed by atoms with Gasteiger partial charge in [0.25, 0.3) is 0 Å². The lowest BCUT2D eigenvalue weighted by Crippen LogP contribution is -2.43. The van der Waals surface area contributed by atoms with Gasteiger partial charge in [-0.25, -0.2) is 14.4 Å². The Bertz CT molecular complexity index is 2060. The maximum absolute atomic E-state index is 13.5. The molecule has 4 aromatic carbocycles. The van der Waals surface area contributed by atoms with E-state index in [0.717, 1.165) is 22.3 Å². The molecule has 4 aromatic rings. The van der Waals surface area contributed by atoms with Crippen LogP contribution in [0.2, 0.25) is 0 Å². The summed E-state index contributed by atoms with van der Waals surface area (Å²) in [6, 6.07) is 30.8. The van der Waals surface area contributed by atoms with Crippen LogP contribution >= 0.6 is 0 Å². The van der Waals surface area contributed by atoms with E-state index in [0.29, 0.717) is 11.4 Å². The van der Waals surface area contributed by atoms with Crippen LogP contribution in [0.1, 0.15) is 48.9 Å². The minimum Gasteiger partial charge on any atom is -0.445 e. The van der Waals surface area contributed by atoms with Crippen molar-refractivity contribution in [2.75, 3.05) is 23.7 Å². The first-order valence-electron chi connectivity index (χ1n) is 19.1. The van der Waals surface area contributed by atoms with E-state index in [1.165, 1.54) is 9.80 Å². The van der Waals surface area contributed by atoms with Gasteiger partial charge in [-0.2, -0.15) is 0 Å². The van der Waals surface area contributed by atoms with E-state index in [2.05, 4.69) is 16.0 Å². The van der Waals surface area contributed by atoms with E-state index >= 15 is 0 Å². The zero-order valence-corrected chi connectivity index (χ0v) is 32.3. The van der Waals surface area contributed by atoms with Crippen molar-refractivity contribution in [2.24, 2.45) is 0 Å². The van der Waals surface area contributed by atoms with Crippen LogP contribution in [0.5, 0.6) is 0 Å². The van der Waals surface area contributed by atoms with Gasteiger partial charge in [-0.3, -0.25) is 19.4 Å². The first-order chi connectivity index (χ1) is 28.0. The maximum atomic E-state index is 13.5. The number of nitrogens with zero attached hydrogens (tertiary/aromatic N) is 2. The minimum absolute atomic E-state index is 0.00355. The second kappa shape index (κ2) is 19.5. The van der Waals surface area contributed by atoms with Crippen LogP contribution in [0.4, 0.5) is 25.8 Å². The van der Waals surface area contributed by atoms with Crippen LogP contribution in [0.3, 0.4) is 0 Å². The summed E-state index contributed by atoms with van der Waals surface area (Å²) in [6.07, 6.45) is 0.471. The smallest absolute Gasteiger partial charge is 0.410 e. The number of carbonyl (C=O) groups excluding carboxylic acids is 5. The van der Waals surface area contributed by atoms with Crippen molar-refractivity contribution >= 4 is 53.6 Å². The molecule has 0 spiro atoms.